The molecule has 0 unspecified atom stereocenters. The van der Waals surface area contributed by atoms with Crippen molar-refractivity contribution in [2.75, 3.05) is 13.1 Å². The number of terminal acetylenes is 1. The zero-order valence-electron chi connectivity index (χ0n) is 10.7. The Morgan fingerprint density at radius 2 is 1.72 bits per heavy atom. The number of aliphatic carboxylic acids is 1. The van der Waals surface area contributed by atoms with Crippen molar-refractivity contribution in [3.8, 4) is 12.3 Å². The highest BCUT2D eigenvalue weighted by molar-refractivity contribution is 5.83. The van der Waals surface area contributed by atoms with Gasteiger partial charge in [0.15, 0.2) is 0 Å². The van der Waals surface area contributed by atoms with E-state index in [1.807, 2.05) is 0 Å². The molecule has 1 amide bonds. The van der Waals surface area contributed by atoms with Crippen LogP contribution in [0, 0.1) is 18.3 Å². The van der Waals surface area contributed by atoms with Gasteiger partial charge in [-0.15, -0.1) is 6.42 Å². The molecule has 4 heteroatoms. The minimum Gasteiger partial charge on any atom is -0.480 e. The molecule has 1 rings (SSSR count). The Bertz CT molecular complexity index is 324. The first-order valence-electron chi connectivity index (χ1n) is 6.59. The maximum Gasteiger partial charge on any atom is 0.323 e. The van der Waals surface area contributed by atoms with Gasteiger partial charge in [-0.3, -0.25) is 9.59 Å². The predicted molar refractivity (Wildman–Crippen MR) is 68.9 cm³/mol. The summed E-state index contributed by atoms with van der Waals surface area (Å²) in [5.41, 5.74) is 0. The summed E-state index contributed by atoms with van der Waals surface area (Å²) in [4.78, 5) is 24.3. The third-order valence-electron chi connectivity index (χ3n) is 3.37. The van der Waals surface area contributed by atoms with Gasteiger partial charge < -0.3 is 10.0 Å². The van der Waals surface area contributed by atoms with Crippen molar-refractivity contribution in [2.45, 2.75) is 44.9 Å². The number of amides is 1. The maximum atomic E-state index is 12.3. The van der Waals surface area contributed by atoms with E-state index in [4.69, 9.17) is 11.5 Å². The predicted octanol–water partition coefficient (Wildman–Crippen LogP) is 1.89. The first kappa shape index (κ1) is 14.6. The van der Waals surface area contributed by atoms with E-state index in [0.29, 0.717) is 0 Å². The lowest BCUT2D eigenvalue weighted by molar-refractivity contribution is -0.146. The van der Waals surface area contributed by atoms with Crippen molar-refractivity contribution in [2.24, 2.45) is 5.92 Å². The summed E-state index contributed by atoms with van der Waals surface area (Å²) >= 11 is 0. The molecular formula is C14H21NO3. The van der Waals surface area contributed by atoms with Gasteiger partial charge in [0, 0.05) is 5.92 Å². The molecule has 18 heavy (non-hydrogen) atoms. The van der Waals surface area contributed by atoms with E-state index in [-0.39, 0.29) is 24.9 Å². The average molecular weight is 251 g/mol. The summed E-state index contributed by atoms with van der Waals surface area (Å²) in [7, 11) is 0. The van der Waals surface area contributed by atoms with Crippen LogP contribution in [-0.2, 0) is 9.59 Å². The fourth-order valence-corrected chi connectivity index (χ4v) is 2.45. The highest BCUT2D eigenvalue weighted by Crippen LogP contribution is 2.23. The van der Waals surface area contributed by atoms with Gasteiger partial charge in [0.1, 0.15) is 6.54 Å². The molecule has 0 aromatic heterocycles. The van der Waals surface area contributed by atoms with E-state index in [1.54, 1.807) is 0 Å². The lowest BCUT2D eigenvalue weighted by atomic mass is 9.90. The maximum absolute atomic E-state index is 12.3. The Balaban J connectivity index is 2.61. The highest BCUT2D eigenvalue weighted by atomic mass is 16.4. The summed E-state index contributed by atoms with van der Waals surface area (Å²) in [6.45, 7) is -0.207. The SMILES string of the molecule is C#CCN(CC(=O)O)C(=O)C1CCCCCCC1. The summed E-state index contributed by atoms with van der Waals surface area (Å²) in [5, 5.41) is 8.80. The van der Waals surface area contributed by atoms with Crippen molar-refractivity contribution in [3.63, 3.8) is 0 Å². The fourth-order valence-electron chi connectivity index (χ4n) is 2.45. The molecule has 0 heterocycles. The molecule has 100 valence electrons. The first-order valence-corrected chi connectivity index (χ1v) is 6.59. The van der Waals surface area contributed by atoms with Gasteiger partial charge in [0.05, 0.1) is 6.54 Å². The zero-order valence-corrected chi connectivity index (χ0v) is 10.7. The molecule has 4 nitrogen and oxygen atoms in total. The molecule has 0 spiro atoms. The molecule has 1 aliphatic rings. The van der Waals surface area contributed by atoms with E-state index < -0.39 is 5.97 Å². The van der Waals surface area contributed by atoms with E-state index in [2.05, 4.69) is 5.92 Å². The van der Waals surface area contributed by atoms with Crippen LogP contribution in [0.5, 0.6) is 0 Å². The molecule has 0 radical (unpaired) electrons. The molecular weight excluding hydrogens is 230 g/mol. The monoisotopic (exact) mass is 251 g/mol. The Morgan fingerprint density at radius 3 is 2.22 bits per heavy atom. The molecule has 0 aliphatic heterocycles. The van der Waals surface area contributed by atoms with Crippen LogP contribution in [0.1, 0.15) is 44.9 Å². The van der Waals surface area contributed by atoms with E-state index in [0.717, 1.165) is 38.5 Å². The number of carbonyl (C=O) groups excluding carboxylic acids is 1. The number of hydrogen-bond acceptors (Lipinski definition) is 2. The van der Waals surface area contributed by atoms with Crippen LogP contribution in [0.4, 0.5) is 0 Å². The van der Waals surface area contributed by atoms with Crippen LogP contribution in [0.3, 0.4) is 0 Å². The number of hydrogen-bond donors (Lipinski definition) is 1. The van der Waals surface area contributed by atoms with Crippen LogP contribution >= 0.6 is 0 Å². The second kappa shape index (κ2) is 7.75. The van der Waals surface area contributed by atoms with Gasteiger partial charge in [-0.2, -0.15) is 0 Å². The van der Waals surface area contributed by atoms with Crippen LogP contribution < -0.4 is 0 Å². The Labute approximate surface area is 108 Å². The third-order valence-corrected chi connectivity index (χ3v) is 3.37. The van der Waals surface area contributed by atoms with Crippen molar-refractivity contribution >= 4 is 11.9 Å². The molecule has 0 atom stereocenters. The highest BCUT2D eigenvalue weighted by Gasteiger charge is 2.25. The normalized spacial score (nSPS) is 17.3. The van der Waals surface area contributed by atoms with Crippen LogP contribution in [-0.4, -0.2) is 35.0 Å². The topological polar surface area (TPSA) is 57.6 Å². The Hall–Kier alpha value is -1.50. The smallest absolute Gasteiger partial charge is 0.323 e. The number of nitrogens with zero attached hydrogens (tertiary/aromatic N) is 1. The quantitative estimate of drug-likeness (QED) is 0.776. The lowest BCUT2D eigenvalue weighted by Gasteiger charge is -2.25. The molecule has 0 aromatic carbocycles. The van der Waals surface area contributed by atoms with Gasteiger partial charge in [0.25, 0.3) is 0 Å². The molecule has 1 aliphatic carbocycles. The molecule has 0 aromatic rings. The van der Waals surface area contributed by atoms with Crippen molar-refractivity contribution in [1.29, 1.82) is 0 Å². The van der Waals surface area contributed by atoms with Crippen molar-refractivity contribution in [1.82, 2.24) is 4.90 Å². The number of rotatable bonds is 4. The minimum absolute atomic E-state index is 0.0435. The summed E-state index contributed by atoms with van der Waals surface area (Å²) < 4.78 is 0. The second-order valence-electron chi connectivity index (χ2n) is 4.83. The number of carbonyl (C=O) groups is 2. The van der Waals surface area contributed by atoms with E-state index >= 15 is 0 Å². The van der Waals surface area contributed by atoms with Gasteiger partial charge in [-0.05, 0) is 12.8 Å². The Kier molecular flexibility index (Phi) is 6.27. The molecule has 1 N–H and O–H groups in total. The van der Waals surface area contributed by atoms with Gasteiger partial charge in [-0.25, -0.2) is 0 Å². The lowest BCUT2D eigenvalue weighted by Crippen LogP contribution is -2.40. The summed E-state index contributed by atoms with van der Waals surface area (Å²) in [6.07, 6.45) is 12.6. The summed E-state index contributed by atoms with van der Waals surface area (Å²) in [6, 6.07) is 0. The van der Waals surface area contributed by atoms with Crippen molar-refractivity contribution < 1.29 is 14.7 Å². The van der Waals surface area contributed by atoms with Crippen LogP contribution in [0.15, 0.2) is 0 Å². The largest absolute Gasteiger partial charge is 0.480 e. The summed E-state index contributed by atoms with van der Waals surface area (Å²) in [5.74, 6) is 1.22. The molecule has 0 saturated heterocycles. The zero-order chi connectivity index (χ0) is 13.4. The second-order valence-corrected chi connectivity index (χ2v) is 4.83. The standard InChI is InChI=1S/C14H21NO3/c1-2-10-15(11-13(16)17)14(18)12-8-6-4-3-5-7-9-12/h1,12H,3-11H2,(H,16,17). The van der Waals surface area contributed by atoms with E-state index in [1.165, 1.54) is 11.3 Å². The molecule has 1 saturated carbocycles. The average Bonchev–Trinajstić information content (AvgIpc) is 2.26. The number of carboxylic acids is 1. The fraction of sp³-hybridized carbons (Fsp3) is 0.714. The Morgan fingerprint density at radius 1 is 1.17 bits per heavy atom. The molecule has 1 fully saturated rings. The number of carboxylic acid groups (broad SMARTS) is 1. The van der Waals surface area contributed by atoms with E-state index in [9.17, 15) is 9.59 Å². The molecule has 0 bridgehead atoms. The van der Waals surface area contributed by atoms with Gasteiger partial charge in [0.2, 0.25) is 5.91 Å². The van der Waals surface area contributed by atoms with Gasteiger partial charge >= 0.3 is 5.97 Å². The van der Waals surface area contributed by atoms with Crippen LogP contribution in [0.2, 0.25) is 0 Å². The first-order chi connectivity index (χ1) is 8.65. The van der Waals surface area contributed by atoms with Crippen LogP contribution in [0.25, 0.3) is 0 Å². The van der Waals surface area contributed by atoms with Gasteiger partial charge in [-0.1, -0.05) is 38.0 Å². The van der Waals surface area contributed by atoms with Crippen molar-refractivity contribution in [3.05, 3.63) is 0 Å². The third kappa shape index (κ3) is 4.79. The minimum atomic E-state index is -1.01.